The molecule has 4 heteroatoms. The molecule has 0 spiro atoms. The van der Waals surface area contributed by atoms with Crippen LogP contribution < -0.4 is 11.3 Å². The van der Waals surface area contributed by atoms with E-state index in [0.717, 1.165) is 12.0 Å². The average molecular weight is 180 g/mol. The highest BCUT2D eigenvalue weighted by Crippen LogP contribution is 2.26. The molecule has 13 heavy (non-hydrogen) atoms. The van der Waals surface area contributed by atoms with Gasteiger partial charge in [-0.25, -0.2) is 0 Å². The van der Waals surface area contributed by atoms with Crippen molar-refractivity contribution in [2.24, 2.45) is 5.73 Å². The van der Waals surface area contributed by atoms with Crippen molar-refractivity contribution in [2.75, 3.05) is 6.61 Å². The minimum Gasteiger partial charge on any atom is -0.372 e. The predicted molar refractivity (Wildman–Crippen MR) is 48.3 cm³/mol. The van der Waals surface area contributed by atoms with Crippen LogP contribution in [-0.2, 0) is 4.74 Å². The topological polar surface area (TPSA) is 68.1 Å². The first-order valence-electron chi connectivity index (χ1n) is 4.33. The third-order valence-electron chi connectivity index (χ3n) is 2.27. The summed E-state index contributed by atoms with van der Waals surface area (Å²) in [7, 11) is 0. The first-order valence-corrected chi connectivity index (χ1v) is 4.33. The molecule has 70 valence electrons. The third kappa shape index (κ3) is 1.64. The fourth-order valence-electron chi connectivity index (χ4n) is 1.55. The zero-order valence-corrected chi connectivity index (χ0v) is 7.19. The maximum atomic E-state index is 10.8. The van der Waals surface area contributed by atoms with Crippen LogP contribution in [0.15, 0.2) is 23.1 Å². The summed E-state index contributed by atoms with van der Waals surface area (Å²) in [6, 6.07) is 3.30. The second-order valence-electron chi connectivity index (χ2n) is 3.23. The van der Waals surface area contributed by atoms with Gasteiger partial charge in [-0.3, -0.25) is 4.79 Å². The minimum atomic E-state index is -0.102. The molecule has 1 aromatic rings. The number of aromatic nitrogens is 1. The number of H-pyrrole nitrogens is 1. The van der Waals surface area contributed by atoms with Crippen LogP contribution in [0.4, 0.5) is 0 Å². The van der Waals surface area contributed by atoms with Crippen LogP contribution >= 0.6 is 0 Å². The molecule has 1 aliphatic heterocycles. The van der Waals surface area contributed by atoms with E-state index in [2.05, 4.69) is 4.98 Å². The summed E-state index contributed by atoms with van der Waals surface area (Å²) < 4.78 is 5.44. The highest BCUT2D eigenvalue weighted by Gasteiger charge is 2.26. The Morgan fingerprint density at radius 1 is 1.54 bits per heavy atom. The third-order valence-corrected chi connectivity index (χ3v) is 2.27. The Kier molecular flexibility index (Phi) is 2.16. The van der Waals surface area contributed by atoms with Crippen LogP contribution in [-0.4, -0.2) is 17.6 Å². The van der Waals surface area contributed by atoms with Gasteiger partial charge in [0.25, 0.3) is 0 Å². The van der Waals surface area contributed by atoms with Gasteiger partial charge in [-0.15, -0.1) is 0 Å². The lowest BCUT2D eigenvalue weighted by Gasteiger charge is -2.13. The van der Waals surface area contributed by atoms with Crippen molar-refractivity contribution >= 4 is 0 Å². The molecule has 1 aliphatic rings. The second-order valence-corrected chi connectivity index (χ2v) is 3.23. The average Bonchev–Trinajstić information content (AvgIpc) is 2.53. The Balaban J connectivity index is 2.25. The molecule has 1 aromatic heterocycles. The summed E-state index contributed by atoms with van der Waals surface area (Å²) >= 11 is 0. The van der Waals surface area contributed by atoms with Gasteiger partial charge in [-0.1, -0.05) is 0 Å². The van der Waals surface area contributed by atoms with E-state index in [-0.39, 0.29) is 17.7 Å². The molecule has 2 atom stereocenters. The Labute approximate surface area is 75.7 Å². The quantitative estimate of drug-likeness (QED) is 0.647. The van der Waals surface area contributed by atoms with Crippen molar-refractivity contribution in [1.82, 2.24) is 4.98 Å². The highest BCUT2D eigenvalue weighted by molar-refractivity contribution is 5.15. The summed E-state index contributed by atoms with van der Waals surface area (Å²) in [5.74, 6) is 0. The number of pyridine rings is 1. The van der Waals surface area contributed by atoms with E-state index in [9.17, 15) is 4.79 Å². The van der Waals surface area contributed by atoms with Crippen molar-refractivity contribution < 1.29 is 4.74 Å². The first kappa shape index (κ1) is 8.47. The molecule has 0 amide bonds. The summed E-state index contributed by atoms with van der Waals surface area (Å²) in [6.07, 6.45) is 2.49. The fourth-order valence-corrected chi connectivity index (χ4v) is 1.55. The van der Waals surface area contributed by atoms with Gasteiger partial charge >= 0.3 is 0 Å². The van der Waals surface area contributed by atoms with Crippen LogP contribution in [0.3, 0.4) is 0 Å². The van der Waals surface area contributed by atoms with Crippen LogP contribution in [0.2, 0.25) is 0 Å². The fraction of sp³-hybridized carbons (Fsp3) is 0.444. The van der Waals surface area contributed by atoms with Crippen molar-refractivity contribution in [2.45, 2.75) is 18.6 Å². The molecule has 0 unspecified atom stereocenters. The lowest BCUT2D eigenvalue weighted by molar-refractivity contribution is 0.105. The molecule has 0 aliphatic carbocycles. The maximum absolute atomic E-state index is 10.8. The van der Waals surface area contributed by atoms with Gasteiger partial charge in [0.2, 0.25) is 5.56 Å². The number of rotatable bonds is 1. The molecular weight excluding hydrogens is 168 g/mol. The Bertz CT molecular complexity index is 327. The smallest absolute Gasteiger partial charge is 0.247 e. The molecule has 2 rings (SSSR count). The molecule has 1 saturated heterocycles. The molecule has 0 radical (unpaired) electrons. The molecular formula is C9H12N2O2. The van der Waals surface area contributed by atoms with Gasteiger partial charge in [0, 0.05) is 24.9 Å². The van der Waals surface area contributed by atoms with E-state index in [1.54, 1.807) is 12.3 Å². The van der Waals surface area contributed by atoms with E-state index < -0.39 is 0 Å². The van der Waals surface area contributed by atoms with Crippen LogP contribution in [0.5, 0.6) is 0 Å². The monoisotopic (exact) mass is 180 g/mol. The molecule has 0 aromatic carbocycles. The highest BCUT2D eigenvalue weighted by atomic mass is 16.5. The number of ether oxygens (including phenoxy) is 1. The predicted octanol–water partition coefficient (Wildman–Crippen LogP) is 0.164. The van der Waals surface area contributed by atoms with Crippen LogP contribution in [0.25, 0.3) is 0 Å². The van der Waals surface area contributed by atoms with Gasteiger partial charge in [0.05, 0.1) is 6.10 Å². The Hall–Kier alpha value is -1.13. The first-order chi connectivity index (χ1) is 6.27. The van der Waals surface area contributed by atoms with E-state index in [1.165, 1.54) is 6.07 Å². The van der Waals surface area contributed by atoms with Crippen molar-refractivity contribution in [3.63, 3.8) is 0 Å². The normalized spacial score (nSPS) is 27.8. The standard InChI is InChI=1S/C9H12N2O2/c10-7-3-4-13-9(7)6-1-2-8(12)11-5-6/h1-2,5,7,9H,3-4,10H2,(H,11,12)/t7-,9+/m1/s1. The van der Waals surface area contributed by atoms with E-state index >= 15 is 0 Å². The van der Waals surface area contributed by atoms with Gasteiger partial charge in [0.1, 0.15) is 0 Å². The lowest BCUT2D eigenvalue weighted by Crippen LogP contribution is -2.24. The van der Waals surface area contributed by atoms with Gasteiger partial charge in [0.15, 0.2) is 0 Å². The van der Waals surface area contributed by atoms with Crippen LogP contribution in [0.1, 0.15) is 18.1 Å². The summed E-state index contributed by atoms with van der Waals surface area (Å²) in [4.78, 5) is 13.4. The van der Waals surface area contributed by atoms with Crippen molar-refractivity contribution in [3.8, 4) is 0 Å². The molecule has 0 bridgehead atoms. The van der Waals surface area contributed by atoms with E-state index in [1.807, 2.05) is 0 Å². The molecule has 4 nitrogen and oxygen atoms in total. The number of hydrogen-bond acceptors (Lipinski definition) is 3. The van der Waals surface area contributed by atoms with E-state index in [4.69, 9.17) is 10.5 Å². The van der Waals surface area contributed by atoms with Crippen LogP contribution in [0, 0.1) is 0 Å². The maximum Gasteiger partial charge on any atom is 0.247 e. The molecule has 2 heterocycles. The molecule has 1 fully saturated rings. The summed E-state index contributed by atoms with van der Waals surface area (Å²) in [5, 5.41) is 0. The molecule has 3 N–H and O–H groups in total. The lowest BCUT2D eigenvalue weighted by atomic mass is 10.1. The second kappa shape index (κ2) is 3.32. The largest absolute Gasteiger partial charge is 0.372 e. The zero-order chi connectivity index (χ0) is 9.26. The van der Waals surface area contributed by atoms with Crippen molar-refractivity contribution in [1.29, 1.82) is 0 Å². The van der Waals surface area contributed by atoms with Gasteiger partial charge in [-0.05, 0) is 18.1 Å². The van der Waals surface area contributed by atoms with Gasteiger partial charge in [-0.2, -0.15) is 0 Å². The SMILES string of the molecule is N[C@@H]1CCO[C@H]1c1ccc(=O)[nH]c1. The Morgan fingerprint density at radius 3 is 2.92 bits per heavy atom. The Morgan fingerprint density at radius 2 is 2.38 bits per heavy atom. The summed E-state index contributed by atoms with van der Waals surface area (Å²) in [6.45, 7) is 0.699. The summed E-state index contributed by atoms with van der Waals surface area (Å²) in [5.41, 5.74) is 6.68. The number of aromatic amines is 1. The van der Waals surface area contributed by atoms with Crippen molar-refractivity contribution in [3.05, 3.63) is 34.2 Å². The minimum absolute atomic E-state index is 0.0471. The molecule has 0 saturated carbocycles. The van der Waals surface area contributed by atoms with Gasteiger partial charge < -0.3 is 15.5 Å². The number of hydrogen-bond donors (Lipinski definition) is 2. The number of nitrogens with one attached hydrogen (secondary N) is 1. The zero-order valence-electron chi connectivity index (χ0n) is 7.19. The number of nitrogens with two attached hydrogens (primary N) is 1. The van der Waals surface area contributed by atoms with E-state index in [0.29, 0.717) is 6.61 Å².